The van der Waals surface area contributed by atoms with E-state index in [1.54, 1.807) is 42.6 Å². The van der Waals surface area contributed by atoms with Gasteiger partial charge in [0.2, 0.25) is 0 Å². The molecule has 7 rings (SSSR count). The summed E-state index contributed by atoms with van der Waals surface area (Å²) in [5.41, 5.74) is 7.19. The van der Waals surface area contributed by atoms with Crippen LogP contribution in [-0.4, -0.2) is 50.1 Å². The van der Waals surface area contributed by atoms with Crippen LogP contribution in [0.25, 0.3) is 32.9 Å². The fourth-order valence-electron chi connectivity index (χ4n) is 6.36. The van der Waals surface area contributed by atoms with Crippen molar-refractivity contribution in [2.45, 2.75) is 37.8 Å². The number of anilines is 2. The SMILES string of the molecule is Nc1ncccc1CNc1nc(OCC23CCCN2CCC3)nc2c(F)c(-c3cccc4cccc(F)c34)ncc12. The molecule has 10 heteroatoms. The molecule has 0 atom stereocenters. The first-order valence-electron chi connectivity index (χ1n) is 13.9. The Hall–Kier alpha value is -4.44. The maximum Gasteiger partial charge on any atom is 0.319 e. The van der Waals surface area contributed by atoms with E-state index in [0.29, 0.717) is 46.5 Å². The molecule has 2 aromatic carbocycles. The summed E-state index contributed by atoms with van der Waals surface area (Å²) in [7, 11) is 0. The summed E-state index contributed by atoms with van der Waals surface area (Å²) in [6.45, 7) is 2.86. The van der Waals surface area contributed by atoms with Gasteiger partial charge in [-0.3, -0.25) is 9.88 Å². The molecule has 0 amide bonds. The van der Waals surface area contributed by atoms with Gasteiger partial charge in [0.25, 0.3) is 0 Å². The van der Waals surface area contributed by atoms with Crippen molar-refractivity contribution in [2.75, 3.05) is 30.7 Å². The fraction of sp³-hybridized carbons (Fsp3) is 0.290. The Bertz CT molecular complexity index is 1760. The van der Waals surface area contributed by atoms with Gasteiger partial charge in [0.05, 0.1) is 10.9 Å². The third kappa shape index (κ3) is 4.48. The number of hydrogen-bond acceptors (Lipinski definition) is 8. The van der Waals surface area contributed by atoms with Crippen molar-refractivity contribution in [3.8, 4) is 17.3 Å². The smallest absolute Gasteiger partial charge is 0.319 e. The van der Waals surface area contributed by atoms with Gasteiger partial charge >= 0.3 is 6.01 Å². The molecule has 5 heterocycles. The highest BCUT2D eigenvalue weighted by Crippen LogP contribution is 2.39. The number of nitrogens with two attached hydrogens (primary N) is 1. The first-order chi connectivity index (χ1) is 20.0. The van der Waals surface area contributed by atoms with Gasteiger partial charge in [-0.25, -0.2) is 13.8 Å². The van der Waals surface area contributed by atoms with Crippen molar-refractivity contribution in [1.29, 1.82) is 0 Å². The number of rotatable bonds is 7. The summed E-state index contributed by atoms with van der Waals surface area (Å²) in [5, 5.41) is 4.59. The number of fused-ring (bicyclic) bond motifs is 3. The third-order valence-corrected chi connectivity index (χ3v) is 8.43. The first-order valence-corrected chi connectivity index (χ1v) is 13.9. The first kappa shape index (κ1) is 25.5. The Morgan fingerprint density at radius 1 is 0.976 bits per heavy atom. The van der Waals surface area contributed by atoms with Crippen molar-refractivity contribution < 1.29 is 13.5 Å². The number of pyridine rings is 2. The molecule has 5 aromatic rings. The summed E-state index contributed by atoms with van der Waals surface area (Å²) in [4.78, 5) is 20.2. The van der Waals surface area contributed by atoms with Gasteiger partial charge in [-0.15, -0.1) is 0 Å². The molecule has 0 spiro atoms. The highest BCUT2D eigenvalue weighted by atomic mass is 19.1. The van der Waals surface area contributed by atoms with Crippen LogP contribution in [0.2, 0.25) is 0 Å². The predicted molar refractivity (Wildman–Crippen MR) is 154 cm³/mol. The number of nitrogen functional groups attached to an aromatic ring is 1. The monoisotopic (exact) mass is 553 g/mol. The van der Waals surface area contributed by atoms with Crippen LogP contribution in [0.1, 0.15) is 31.2 Å². The lowest BCUT2D eigenvalue weighted by molar-refractivity contribution is 0.108. The van der Waals surface area contributed by atoms with Crippen LogP contribution >= 0.6 is 0 Å². The number of aromatic nitrogens is 4. The fourth-order valence-corrected chi connectivity index (χ4v) is 6.36. The number of benzene rings is 2. The average molecular weight is 554 g/mol. The van der Waals surface area contributed by atoms with Crippen LogP contribution in [0.4, 0.5) is 20.4 Å². The Morgan fingerprint density at radius 2 is 1.78 bits per heavy atom. The van der Waals surface area contributed by atoms with E-state index in [1.807, 2.05) is 6.07 Å². The molecule has 3 N–H and O–H groups in total. The van der Waals surface area contributed by atoms with Gasteiger partial charge in [0.15, 0.2) is 5.82 Å². The third-order valence-electron chi connectivity index (χ3n) is 8.43. The van der Waals surface area contributed by atoms with E-state index in [0.717, 1.165) is 44.3 Å². The van der Waals surface area contributed by atoms with E-state index in [1.165, 1.54) is 12.3 Å². The quantitative estimate of drug-likeness (QED) is 0.264. The van der Waals surface area contributed by atoms with Gasteiger partial charge < -0.3 is 15.8 Å². The van der Waals surface area contributed by atoms with Gasteiger partial charge in [0.1, 0.15) is 35.3 Å². The molecule has 2 fully saturated rings. The normalized spacial score (nSPS) is 16.3. The number of ether oxygens (including phenoxy) is 1. The summed E-state index contributed by atoms with van der Waals surface area (Å²) in [5.74, 6) is -0.362. The van der Waals surface area contributed by atoms with Crippen LogP contribution in [0.5, 0.6) is 6.01 Å². The minimum atomic E-state index is -0.670. The van der Waals surface area contributed by atoms with Gasteiger partial charge in [-0.2, -0.15) is 9.97 Å². The Kier molecular flexibility index (Phi) is 6.34. The van der Waals surface area contributed by atoms with E-state index in [-0.39, 0.29) is 22.8 Å². The van der Waals surface area contributed by atoms with Gasteiger partial charge in [-0.1, -0.05) is 36.4 Å². The largest absolute Gasteiger partial charge is 0.461 e. The maximum absolute atomic E-state index is 16.4. The highest BCUT2D eigenvalue weighted by molar-refractivity contribution is 5.99. The van der Waals surface area contributed by atoms with Crippen molar-refractivity contribution in [3.05, 3.63) is 78.1 Å². The second kappa shape index (κ2) is 10.2. The zero-order chi connectivity index (χ0) is 28.0. The van der Waals surface area contributed by atoms with Crippen molar-refractivity contribution >= 4 is 33.3 Å². The average Bonchev–Trinajstić information content (AvgIpc) is 3.57. The molecule has 41 heavy (non-hydrogen) atoms. The molecule has 0 aliphatic carbocycles. The summed E-state index contributed by atoms with van der Waals surface area (Å²) in [6, 6.07) is 13.7. The lowest BCUT2D eigenvalue weighted by Gasteiger charge is -2.31. The van der Waals surface area contributed by atoms with Crippen LogP contribution in [0.15, 0.2) is 60.9 Å². The summed E-state index contributed by atoms with van der Waals surface area (Å²) in [6.07, 6.45) is 7.51. The number of nitrogens with one attached hydrogen (secondary N) is 1. The lowest BCUT2D eigenvalue weighted by Crippen LogP contribution is -2.43. The van der Waals surface area contributed by atoms with E-state index in [4.69, 9.17) is 10.5 Å². The molecule has 0 unspecified atom stereocenters. The van der Waals surface area contributed by atoms with Crippen LogP contribution in [0.3, 0.4) is 0 Å². The minimum absolute atomic E-state index is 0.0108. The zero-order valence-corrected chi connectivity index (χ0v) is 22.4. The number of halogens is 2. The number of hydrogen-bond donors (Lipinski definition) is 2. The Morgan fingerprint density at radius 3 is 2.59 bits per heavy atom. The van der Waals surface area contributed by atoms with E-state index in [2.05, 4.69) is 30.2 Å². The maximum atomic E-state index is 16.4. The van der Waals surface area contributed by atoms with Gasteiger partial charge in [0, 0.05) is 35.5 Å². The van der Waals surface area contributed by atoms with Crippen molar-refractivity contribution in [1.82, 2.24) is 24.8 Å². The molecular formula is C31H29F2N7O. The molecule has 8 nitrogen and oxygen atoms in total. The standard InChI is InChI=1S/C31H29F2N7O/c32-23-10-2-7-19-6-1-9-21(24(19)23)26-25(33)27-22(17-36-26)29(37-16-20-8-3-13-35-28(20)34)39-30(38-27)41-18-31-11-4-14-40(31)15-5-12-31/h1-3,6-10,13,17H,4-5,11-12,14-16,18H2,(H2,34,35)(H,37,38,39). The predicted octanol–water partition coefficient (Wildman–Crippen LogP) is 5.72. The molecule has 2 saturated heterocycles. The summed E-state index contributed by atoms with van der Waals surface area (Å²) >= 11 is 0. The van der Waals surface area contributed by atoms with Crippen LogP contribution in [0, 0.1) is 11.6 Å². The van der Waals surface area contributed by atoms with E-state index in [9.17, 15) is 4.39 Å². The molecule has 2 aliphatic rings. The molecule has 0 radical (unpaired) electrons. The van der Waals surface area contributed by atoms with Crippen molar-refractivity contribution in [2.24, 2.45) is 0 Å². The van der Waals surface area contributed by atoms with E-state index < -0.39 is 11.6 Å². The number of nitrogens with zero attached hydrogens (tertiary/aromatic N) is 5. The topological polar surface area (TPSA) is 102 Å². The lowest BCUT2D eigenvalue weighted by atomic mass is 9.95. The molecule has 0 saturated carbocycles. The highest BCUT2D eigenvalue weighted by Gasteiger charge is 2.45. The molecule has 2 aliphatic heterocycles. The van der Waals surface area contributed by atoms with E-state index >= 15 is 4.39 Å². The molecular weight excluding hydrogens is 524 g/mol. The second-order valence-electron chi connectivity index (χ2n) is 10.8. The molecule has 3 aromatic heterocycles. The zero-order valence-electron chi connectivity index (χ0n) is 22.4. The molecule has 208 valence electrons. The summed E-state index contributed by atoms with van der Waals surface area (Å²) < 4.78 is 37.5. The van der Waals surface area contributed by atoms with Crippen LogP contribution in [-0.2, 0) is 6.54 Å². The Labute approximate surface area is 235 Å². The molecule has 0 bridgehead atoms. The minimum Gasteiger partial charge on any atom is -0.461 e. The van der Waals surface area contributed by atoms with Crippen molar-refractivity contribution in [3.63, 3.8) is 0 Å². The Balaban J connectivity index is 1.32. The second-order valence-corrected chi connectivity index (χ2v) is 10.8. The van der Waals surface area contributed by atoms with Crippen LogP contribution < -0.4 is 15.8 Å². The van der Waals surface area contributed by atoms with Gasteiger partial charge in [-0.05, 0) is 56.3 Å².